The van der Waals surface area contributed by atoms with E-state index >= 15 is 0 Å². The zero-order chi connectivity index (χ0) is 16.4. The second-order valence-electron chi connectivity index (χ2n) is 7.84. The fourth-order valence-corrected chi connectivity index (χ4v) is 3.48. The molecule has 2 aromatic carbocycles. The molecule has 0 unspecified atom stereocenters. The predicted octanol–water partition coefficient (Wildman–Crippen LogP) is 6.31. The van der Waals surface area contributed by atoms with Gasteiger partial charge in [-0.1, -0.05) is 88.2 Å². The monoisotopic (exact) mass is 304 g/mol. The van der Waals surface area contributed by atoms with Crippen LogP contribution in [0.3, 0.4) is 0 Å². The Morgan fingerprint density at radius 2 is 1.70 bits per heavy atom. The van der Waals surface area contributed by atoms with E-state index < -0.39 is 0 Å². The van der Waals surface area contributed by atoms with Crippen LogP contribution < -0.4 is 0 Å². The van der Waals surface area contributed by atoms with E-state index in [2.05, 4.69) is 76.2 Å². The molecule has 0 atom stereocenters. The van der Waals surface area contributed by atoms with Crippen molar-refractivity contribution in [1.82, 2.24) is 0 Å². The van der Waals surface area contributed by atoms with Gasteiger partial charge in [-0.25, -0.2) is 0 Å². The second kappa shape index (κ2) is 6.35. The maximum Gasteiger partial charge on any atom is -0.00197 e. The van der Waals surface area contributed by atoms with Crippen molar-refractivity contribution < 1.29 is 0 Å². The Balaban J connectivity index is 1.83. The van der Waals surface area contributed by atoms with Crippen LogP contribution in [0.4, 0.5) is 0 Å². The topological polar surface area (TPSA) is 0 Å². The fourth-order valence-electron chi connectivity index (χ4n) is 3.48. The van der Waals surface area contributed by atoms with Crippen LogP contribution in [0.25, 0.3) is 6.08 Å². The molecule has 1 aliphatic carbocycles. The molecule has 0 N–H and O–H groups in total. The zero-order valence-corrected chi connectivity index (χ0v) is 14.9. The first kappa shape index (κ1) is 16.1. The van der Waals surface area contributed by atoms with Gasteiger partial charge in [0, 0.05) is 0 Å². The summed E-state index contributed by atoms with van der Waals surface area (Å²) in [6.45, 7) is 9.08. The van der Waals surface area contributed by atoms with Gasteiger partial charge in [0.1, 0.15) is 0 Å². The van der Waals surface area contributed by atoms with E-state index in [0.717, 1.165) is 12.8 Å². The molecule has 0 fully saturated rings. The Hall–Kier alpha value is -1.82. The summed E-state index contributed by atoms with van der Waals surface area (Å²) in [6, 6.07) is 16.0. The van der Waals surface area contributed by atoms with Gasteiger partial charge in [0.15, 0.2) is 0 Å². The molecule has 0 heteroatoms. The van der Waals surface area contributed by atoms with Crippen molar-refractivity contribution in [3.8, 4) is 0 Å². The van der Waals surface area contributed by atoms with Crippen LogP contribution in [0.5, 0.6) is 0 Å². The zero-order valence-electron chi connectivity index (χ0n) is 14.9. The molecule has 0 amide bonds. The van der Waals surface area contributed by atoms with Crippen molar-refractivity contribution in [2.45, 2.75) is 58.8 Å². The lowest BCUT2D eigenvalue weighted by Crippen LogP contribution is -2.10. The number of benzene rings is 2. The molecule has 0 spiro atoms. The van der Waals surface area contributed by atoms with Crippen LogP contribution in [0.2, 0.25) is 0 Å². The molecular weight excluding hydrogens is 276 g/mol. The number of hydrogen-bond donors (Lipinski definition) is 0. The Kier molecular flexibility index (Phi) is 4.43. The molecule has 23 heavy (non-hydrogen) atoms. The summed E-state index contributed by atoms with van der Waals surface area (Å²) in [5.41, 5.74) is 9.10. The highest BCUT2D eigenvalue weighted by Crippen LogP contribution is 2.31. The highest BCUT2D eigenvalue weighted by molar-refractivity contribution is 5.67. The van der Waals surface area contributed by atoms with Gasteiger partial charge < -0.3 is 0 Å². The summed E-state index contributed by atoms with van der Waals surface area (Å²) in [4.78, 5) is 0. The molecule has 0 radical (unpaired) electrons. The van der Waals surface area contributed by atoms with Gasteiger partial charge in [-0.2, -0.15) is 0 Å². The summed E-state index contributed by atoms with van der Waals surface area (Å²) in [6.07, 6.45) is 7.10. The average molecular weight is 304 g/mol. The molecule has 3 rings (SSSR count). The normalized spacial score (nSPS) is 13.8. The molecule has 0 saturated heterocycles. The summed E-state index contributed by atoms with van der Waals surface area (Å²) >= 11 is 0. The Morgan fingerprint density at radius 3 is 2.35 bits per heavy atom. The van der Waals surface area contributed by atoms with Crippen LogP contribution in [-0.4, -0.2) is 0 Å². The Morgan fingerprint density at radius 1 is 0.957 bits per heavy atom. The number of hydrogen-bond acceptors (Lipinski definition) is 0. The maximum atomic E-state index is 2.44. The molecule has 2 aromatic rings. The van der Waals surface area contributed by atoms with Crippen molar-refractivity contribution in [2.24, 2.45) is 0 Å². The summed E-state index contributed by atoms with van der Waals surface area (Å²) in [7, 11) is 0. The number of fused-ring (bicyclic) bond motifs is 1. The third-order valence-corrected chi connectivity index (χ3v) is 4.84. The van der Waals surface area contributed by atoms with E-state index in [1.807, 2.05) is 0 Å². The molecule has 0 aliphatic heterocycles. The molecule has 0 saturated carbocycles. The largest absolute Gasteiger partial charge is 0.0652 e. The molecular formula is C23H28. The quantitative estimate of drug-likeness (QED) is 0.620. The molecule has 1 aliphatic rings. The van der Waals surface area contributed by atoms with Gasteiger partial charge in [0.25, 0.3) is 0 Å². The summed E-state index contributed by atoms with van der Waals surface area (Å²) in [5.74, 6) is 0. The highest BCUT2D eigenvalue weighted by atomic mass is 14.2. The number of allylic oxidation sites excluding steroid dienone is 1. The standard InChI is InChI=1S/C23H28/c1-5-7-18-15-20-9-6-8-19(22(20)16-18)14-17-10-12-21(13-11-17)23(2,3)4/h6,8-13,16H,5,7,14-15H2,1-4H3. The minimum Gasteiger partial charge on any atom is -0.0652 e. The van der Waals surface area contributed by atoms with E-state index in [0.29, 0.717) is 0 Å². The van der Waals surface area contributed by atoms with Gasteiger partial charge in [-0.15, -0.1) is 0 Å². The first-order chi connectivity index (χ1) is 11.0. The molecule has 120 valence electrons. The maximum absolute atomic E-state index is 2.44. The Bertz CT molecular complexity index is 709. The van der Waals surface area contributed by atoms with Crippen LogP contribution in [0.15, 0.2) is 48.0 Å². The smallest absolute Gasteiger partial charge is 0.00197 e. The summed E-state index contributed by atoms with van der Waals surface area (Å²) in [5, 5.41) is 0. The SMILES string of the molecule is CCCC1=Cc2c(cccc2Cc2ccc(C(C)(C)C)cc2)C1. The van der Waals surface area contributed by atoms with Crippen molar-refractivity contribution in [1.29, 1.82) is 0 Å². The predicted molar refractivity (Wildman–Crippen MR) is 101 cm³/mol. The second-order valence-corrected chi connectivity index (χ2v) is 7.84. The van der Waals surface area contributed by atoms with Crippen LogP contribution in [0, 0.1) is 0 Å². The van der Waals surface area contributed by atoms with E-state index in [9.17, 15) is 0 Å². The van der Waals surface area contributed by atoms with E-state index in [1.165, 1.54) is 40.7 Å². The van der Waals surface area contributed by atoms with E-state index in [-0.39, 0.29) is 5.41 Å². The van der Waals surface area contributed by atoms with E-state index in [1.54, 1.807) is 5.57 Å². The minimum absolute atomic E-state index is 0.227. The van der Waals surface area contributed by atoms with Crippen LogP contribution in [-0.2, 0) is 18.3 Å². The van der Waals surface area contributed by atoms with Crippen molar-refractivity contribution >= 4 is 6.08 Å². The van der Waals surface area contributed by atoms with Crippen LogP contribution >= 0.6 is 0 Å². The number of rotatable bonds is 4. The fraction of sp³-hybridized carbons (Fsp3) is 0.391. The molecule has 0 heterocycles. The van der Waals surface area contributed by atoms with Gasteiger partial charge in [-0.05, 0) is 52.5 Å². The molecule has 0 nitrogen and oxygen atoms in total. The van der Waals surface area contributed by atoms with Crippen molar-refractivity contribution in [3.63, 3.8) is 0 Å². The molecule has 0 aromatic heterocycles. The minimum atomic E-state index is 0.227. The van der Waals surface area contributed by atoms with Crippen molar-refractivity contribution in [3.05, 3.63) is 75.9 Å². The third kappa shape index (κ3) is 3.58. The third-order valence-electron chi connectivity index (χ3n) is 4.84. The lowest BCUT2D eigenvalue weighted by molar-refractivity contribution is 0.590. The van der Waals surface area contributed by atoms with Crippen molar-refractivity contribution in [2.75, 3.05) is 0 Å². The van der Waals surface area contributed by atoms with Gasteiger partial charge in [0.2, 0.25) is 0 Å². The first-order valence-electron chi connectivity index (χ1n) is 8.87. The molecule has 0 bridgehead atoms. The highest BCUT2D eigenvalue weighted by Gasteiger charge is 2.16. The van der Waals surface area contributed by atoms with Gasteiger partial charge in [0.05, 0.1) is 0 Å². The first-order valence-corrected chi connectivity index (χ1v) is 8.87. The summed E-state index contributed by atoms with van der Waals surface area (Å²) < 4.78 is 0. The van der Waals surface area contributed by atoms with Gasteiger partial charge >= 0.3 is 0 Å². The van der Waals surface area contributed by atoms with Crippen LogP contribution in [0.1, 0.15) is 68.4 Å². The van der Waals surface area contributed by atoms with E-state index in [4.69, 9.17) is 0 Å². The lowest BCUT2D eigenvalue weighted by atomic mass is 9.86. The lowest BCUT2D eigenvalue weighted by Gasteiger charge is -2.19. The Labute approximate surface area is 141 Å². The van der Waals surface area contributed by atoms with Gasteiger partial charge in [-0.3, -0.25) is 0 Å². The average Bonchev–Trinajstić information content (AvgIpc) is 2.91.